The van der Waals surface area contributed by atoms with Gasteiger partial charge in [0.2, 0.25) is 0 Å². The number of anilines is 1. The lowest BCUT2D eigenvalue weighted by molar-refractivity contribution is -0.384. The fraction of sp³-hybridized carbons (Fsp3) is 0.500. The number of nitrogens with zero attached hydrogens (tertiary/aromatic N) is 2. The number of aliphatic hydroxyl groups is 1. The van der Waals surface area contributed by atoms with Crippen molar-refractivity contribution in [3.63, 3.8) is 0 Å². The van der Waals surface area contributed by atoms with Crippen LogP contribution in [0.1, 0.15) is 31.1 Å². The molecule has 2 N–H and O–H groups in total. The topological polar surface area (TPSA) is 95.7 Å². The maximum Gasteiger partial charge on any atom is 0.293 e. The first kappa shape index (κ1) is 16.9. The molecule has 0 fully saturated rings. The molecule has 0 unspecified atom stereocenters. The first-order valence-corrected chi connectivity index (χ1v) is 6.68. The molecule has 0 bridgehead atoms. The molecule has 0 radical (unpaired) electrons. The van der Waals surface area contributed by atoms with Crippen molar-refractivity contribution in [2.45, 2.75) is 26.4 Å². The Bertz CT molecular complexity index is 538. The standard InChI is InChI=1S/C14H21N3O4/c1-5-16(9-14(2,3)19)13(18)10-7-6-8-11(17(20)21)12(10)15-4/h6-8,15,19H,5,9H2,1-4H3. The Balaban J connectivity index is 3.22. The third-order valence-electron chi connectivity index (χ3n) is 2.97. The first-order valence-electron chi connectivity index (χ1n) is 6.68. The van der Waals surface area contributed by atoms with Crippen LogP contribution in [0.15, 0.2) is 18.2 Å². The Morgan fingerprint density at radius 2 is 2.10 bits per heavy atom. The summed E-state index contributed by atoms with van der Waals surface area (Å²) < 4.78 is 0. The molecular weight excluding hydrogens is 274 g/mol. The van der Waals surface area contributed by atoms with Crippen molar-refractivity contribution in [2.24, 2.45) is 0 Å². The second-order valence-electron chi connectivity index (χ2n) is 5.34. The molecule has 1 amide bonds. The van der Waals surface area contributed by atoms with E-state index in [0.717, 1.165) is 0 Å². The van der Waals surface area contributed by atoms with Crippen LogP contribution in [0.5, 0.6) is 0 Å². The van der Waals surface area contributed by atoms with Gasteiger partial charge in [-0.05, 0) is 26.8 Å². The number of nitro groups is 1. The van der Waals surface area contributed by atoms with E-state index in [1.165, 1.54) is 30.1 Å². The van der Waals surface area contributed by atoms with Crippen LogP contribution in [0.25, 0.3) is 0 Å². The first-order chi connectivity index (χ1) is 9.71. The predicted octanol–water partition coefficient (Wildman–Crippen LogP) is 1.87. The van der Waals surface area contributed by atoms with E-state index in [9.17, 15) is 20.0 Å². The molecule has 0 heterocycles. The van der Waals surface area contributed by atoms with E-state index < -0.39 is 10.5 Å². The summed E-state index contributed by atoms with van der Waals surface area (Å²) in [6, 6.07) is 4.35. The van der Waals surface area contributed by atoms with Crippen LogP contribution in [0.3, 0.4) is 0 Å². The zero-order valence-electron chi connectivity index (χ0n) is 12.7. The molecule has 0 aromatic heterocycles. The van der Waals surface area contributed by atoms with Gasteiger partial charge < -0.3 is 15.3 Å². The molecule has 0 saturated heterocycles. The molecular formula is C14H21N3O4. The summed E-state index contributed by atoms with van der Waals surface area (Å²) in [4.78, 5) is 24.5. The highest BCUT2D eigenvalue weighted by Crippen LogP contribution is 2.29. The number of hydrogen-bond acceptors (Lipinski definition) is 5. The average molecular weight is 295 g/mol. The van der Waals surface area contributed by atoms with Gasteiger partial charge in [-0.15, -0.1) is 0 Å². The summed E-state index contributed by atoms with van der Waals surface area (Å²) in [5, 5.41) is 23.6. The number of nitrogens with one attached hydrogen (secondary N) is 1. The Morgan fingerprint density at radius 1 is 1.48 bits per heavy atom. The van der Waals surface area contributed by atoms with Crippen LogP contribution in [0, 0.1) is 10.1 Å². The van der Waals surface area contributed by atoms with Gasteiger partial charge in [0.1, 0.15) is 5.69 Å². The quantitative estimate of drug-likeness (QED) is 0.617. The van der Waals surface area contributed by atoms with E-state index in [1.807, 2.05) is 0 Å². The van der Waals surface area contributed by atoms with Crippen molar-refractivity contribution < 1.29 is 14.8 Å². The monoisotopic (exact) mass is 295 g/mol. The van der Waals surface area contributed by atoms with Crippen molar-refractivity contribution in [1.29, 1.82) is 0 Å². The summed E-state index contributed by atoms with van der Waals surface area (Å²) >= 11 is 0. The molecule has 0 spiro atoms. The van der Waals surface area contributed by atoms with Crippen molar-refractivity contribution in [3.8, 4) is 0 Å². The van der Waals surface area contributed by atoms with Gasteiger partial charge in [0, 0.05) is 26.2 Å². The van der Waals surface area contributed by atoms with Crippen LogP contribution in [-0.2, 0) is 0 Å². The highest BCUT2D eigenvalue weighted by atomic mass is 16.6. The largest absolute Gasteiger partial charge is 0.389 e. The van der Waals surface area contributed by atoms with Crippen molar-refractivity contribution in [3.05, 3.63) is 33.9 Å². The molecule has 1 aromatic rings. The molecule has 0 saturated carbocycles. The summed E-state index contributed by atoms with van der Waals surface area (Å²) in [5.74, 6) is -0.354. The van der Waals surface area contributed by atoms with E-state index in [0.29, 0.717) is 6.54 Å². The lowest BCUT2D eigenvalue weighted by atomic mass is 10.1. The zero-order valence-corrected chi connectivity index (χ0v) is 12.7. The lowest BCUT2D eigenvalue weighted by Gasteiger charge is -2.28. The third-order valence-corrected chi connectivity index (χ3v) is 2.97. The fourth-order valence-corrected chi connectivity index (χ4v) is 2.10. The Labute approximate surface area is 123 Å². The molecule has 1 rings (SSSR count). The number of amides is 1. The number of hydrogen-bond donors (Lipinski definition) is 2. The van der Waals surface area contributed by atoms with Crippen LogP contribution >= 0.6 is 0 Å². The second-order valence-corrected chi connectivity index (χ2v) is 5.34. The minimum atomic E-state index is -1.04. The number of likely N-dealkylation sites (N-methyl/N-ethyl adjacent to an activating group) is 1. The number of carbonyl (C=O) groups excluding carboxylic acids is 1. The van der Waals surface area contributed by atoms with Gasteiger partial charge in [0.15, 0.2) is 0 Å². The molecule has 0 aliphatic rings. The molecule has 116 valence electrons. The van der Waals surface area contributed by atoms with Crippen LogP contribution < -0.4 is 5.32 Å². The van der Waals surface area contributed by atoms with E-state index in [1.54, 1.807) is 20.8 Å². The van der Waals surface area contributed by atoms with Crippen molar-refractivity contribution in [1.82, 2.24) is 4.90 Å². The predicted molar refractivity (Wildman–Crippen MR) is 80.5 cm³/mol. The summed E-state index contributed by atoms with van der Waals surface area (Å²) in [5.41, 5.74) is -0.784. The van der Waals surface area contributed by atoms with Crippen LogP contribution in [-0.4, -0.2) is 46.6 Å². The number of rotatable bonds is 6. The SMILES string of the molecule is CCN(CC(C)(C)O)C(=O)c1cccc([N+](=O)[O-])c1NC. The summed E-state index contributed by atoms with van der Waals surface area (Å²) in [6.45, 7) is 5.55. The Kier molecular flexibility index (Phi) is 5.26. The number of benzene rings is 1. The van der Waals surface area contributed by atoms with E-state index >= 15 is 0 Å². The molecule has 7 heteroatoms. The van der Waals surface area contributed by atoms with Gasteiger partial charge in [-0.3, -0.25) is 14.9 Å². The highest BCUT2D eigenvalue weighted by Gasteiger charge is 2.26. The molecule has 0 aliphatic carbocycles. The molecule has 0 aliphatic heterocycles. The van der Waals surface area contributed by atoms with E-state index in [2.05, 4.69) is 5.32 Å². The minimum Gasteiger partial charge on any atom is -0.389 e. The van der Waals surface area contributed by atoms with Gasteiger partial charge in [0.25, 0.3) is 11.6 Å². The maximum absolute atomic E-state index is 12.6. The van der Waals surface area contributed by atoms with Gasteiger partial charge in [0.05, 0.1) is 16.1 Å². The van der Waals surface area contributed by atoms with Gasteiger partial charge >= 0.3 is 0 Å². The molecule has 7 nitrogen and oxygen atoms in total. The normalized spacial score (nSPS) is 11.1. The average Bonchev–Trinajstić information content (AvgIpc) is 2.41. The molecule has 1 aromatic carbocycles. The number of para-hydroxylation sites is 1. The highest BCUT2D eigenvalue weighted by molar-refractivity contribution is 6.01. The maximum atomic E-state index is 12.6. The van der Waals surface area contributed by atoms with Gasteiger partial charge in [-0.25, -0.2) is 0 Å². The molecule has 0 atom stereocenters. The van der Waals surface area contributed by atoms with Crippen LogP contribution in [0.4, 0.5) is 11.4 Å². The van der Waals surface area contributed by atoms with E-state index in [4.69, 9.17) is 0 Å². The minimum absolute atomic E-state index is 0.147. The number of carbonyl (C=O) groups is 1. The summed E-state index contributed by atoms with van der Waals surface area (Å²) in [6.07, 6.45) is 0. The fourth-order valence-electron chi connectivity index (χ4n) is 2.10. The zero-order chi connectivity index (χ0) is 16.2. The van der Waals surface area contributed by atoms with Gasteiger partial charge in [-0.2, -0.15) is 0 Å². The Hall–Kier alpha value is -2.15. The van der Waals surface area contributed by atoms with Crippen molar-refractivity contribution >= 4 is 17.3 Å². The summed E-state index contributed by atoms with van der Waals surface area (Å²) in [7, 11) is 1.53. The van der Waals surface area contributed by atoms with Gasteiger partial charge in [-0.1, -0.05) is 6.07 Å². The van der Waals surface area contributed by atoms with E-state index in [-0.39, 0.29) is 29.4 Å². The second kappa shape index (κ2) is 6.53. The molecule has 21 heavy (non-hydrogen) atoms. The Morgan fingerprint density at radius 3 is 2.52 bits per heavy atom. The lowest BCUT2D eigenvalue weighted by Crippen LogP contribution is -2.42. The smallest absolute Gasteiger partial charge is 0.293 e. The third kappa shape index (κ3) is 4.16. The van der Waals surface area contributed by atoms with Crippen molar-refractivity contribution in [2.75, 3.05) is 25.5 Å². The number of nitro benzene ring substituents is 1. The van der Waals surface area contributed by atoms with Crippen LogP contribution in [0.2, 0.25) is 0 Å².